The average molecular weight is 239 g/mol. The molecule has 0 radical (unpaired) electrons. The number of rotatable bonds is 2. The molecular formula is C14H13N3O. The van der Waals surface area contributed by atoms with E-state index in [9.17, 15) is 0 Å². The molecule has 0 bridgehead atoms. The summed E-state index contributed by atoms with van der Waals surface area (Å²) in [6.45, 7) is 0. The molecule has 1 aromatic heterocycles. The van der Waals surface area contributed by atoms with Crippen molar-refractivity contribution in [3.05, 3.63) is 42.5 Å². The Kier molecular flexibility index (Phi) is 2.41. The number of fused-ring (bicyclic) bond motifs is 1. The van der Waals surface area contributed by atoms with E-state index in [1.807, 2.05) is 42.5 Å². The SMILES string of the molecule is COc1ccc(-c2cccc3[nH]nc(N)c23)cc1. The van der Waals surface area contributed by atoms with Crippen molar-refractivity contribution in [2.45, 2.75) is 0 Å². The lowest BCUT2D eigenvalue weighted by Crippen LogP contribution is -1.87. The topological polar surface area (TPSA) is 63.9 Å². The van der Waals surface area contributed by atoms with E-state index in [0.717, 1.165) is 27.8 Å². The maximum absolute atomic E-state index is 5.90. The van der Waals surface area contributed by atoms with Gasteiger partial charge in [-0.2, -0.15) is 5.10 Å². The summed E-state index contributed by atoms with van der Waals surface area (Å²) < 4.78 is 5.16. The Hall–Kier alpha value is -2.49. The van der Waals surface area contributed by atoms with Gasteiger partial charge in [-0.25, -0.2) is 0 Å². The third kappa shape index (κ3) is 1.59. The summed E-state index contributed by atoms with van der Waals surface area (Å²) in [7, 11) is 1.66. The van der Waals surface area contributed by atoms with E-state index in [4.69, 9.17) is 10.5 Å². The van der Waals surface area contributed by atoms with Crippen LogP contribution in [0.25, 0.3) is 22.0 Å². The quantitative estimate of drug-likeness (QED) is 0.722. The molecule has 3 N–H and O–H groups in total. The van der Waals surface area contributed by atoms with E-state index in [0.29, 0.717) is 5.82 Å². The molecule has 90 valence electrons. The number of hydrogen-bond donors (Lipinski definition) is 2. The van der Waals surface area contributed by atoms with E-state index in [1.165, 1.54) is 0 Å². The van der Waals surface area contributed by atoms with Crippen LogP contribution in [0, 0.1) is 0 Å². The summed E-state index contributed by atoms with van der Waals surface area (Å²) in [6, 6.07) is 13.9. The van der Waals surface area contributed by atoms with Crippen molar-refractivity contribution in [3.8, 4) is 16.9 Å². The molecule has 0 aliphatic carbocycles. The van der Waals surface area contributed by atoms with Gasteiger partial charge in [-0.1, -0.05) is 24.3 Å². The van der Waals surface area contributed by atoms with Crippen molar-refractivity contribution in [2.24, 2.45) is 0 Å². The van der Waals surface area contributed by atoms with Crippen molar-refractivity contribution in [1.29, 1.82) is 0 Å². The van der Waals surface area contributed by atoms with E-state index in [2.05, 4.69) is 10.2 Å². The molecule has 0 saturated carbocycles. The first-order valence-corrected chi connectivity index (χ1v) is 5.66. The molecular weight excluding hydrogens is 226 g/mol. The Labute approximate surface area is 104 Å². The Bertz CT molecular complexity index is 686. The van der Waals surface area contributed by atoms with Crippen molar-refractivity contribution in [2.75, 3.05) is 12.8 Å². The van der Waals surface area contributed by atoms with E-state index >= 15 is 0 Å². The smallest absolute Gasteiger partial charge is 0.153 e. The monoisotopic (exact) mass is 239 g/mol. The Balaban J connectivity index is 2.21. The highest BCUT2D eigenvalue weighted by atomic mass is 16.5. The van der Waals surface area contributed by atoms with Crippen LogP contribution in [0.5, 0.6) is 5.75 Å². The minimum absolute atomic E-state index is 0.524. The molecule has 18 heavy (non-hydrogen) atoms. The minimum atomic E-state index is 0.524. The molecule has 0 unspecified atom stereocenters. The lowest BCUT2D eigenvalue weighted by atomic mass is 10.0. The second-order valence-electron chi connectivity index (χ2n) is 4.07. The molecule has 0 aliphatic heterocycles. The summed E-state index contributed by atoms with van der Waals surface area (Å²) in [6.07, 6.45) is 0. The normalized spacial score (nSPS) is 10.7. The van der Waals surface area contributed by atoms with Crippen LogP contribution in [-0.2, 0) is 0 Å². The van der Waals surface area contributed by atoms with Gasteiger partial charge in [0.25, 0.3) is 0 Å². The number of anilines is 1. The zero-order valence-electron chi connectivity index (χ0n) is 9.97. The molecule has 0 fully saturated rings. The summed E-state index contributed by atoms with van der Waals surface area (Å²) in [4.78, 5) is 0. The van der Waals surface area contributed by atoms with Gasteiger partial charge in [0, 0.05) is 0 Å². The van der Waals surface area contributed by atoms with Crippen molar-refractivity contribution in [1.82, 2.24) is 10.2 Å². The van der Waals surface area contributed by atoms with Crippen molar-refractivity contribution < 1.29 is 4.74 Å². The van der Waals surface area contributed by atoms with Gasteiger partial charge >= 0.3 is 0 Å². The maximum Gasteiger partial charge on any atom is 0.153 e. The highest BCUT2D eigenvalue weighted by Crippen LogP contribution is 2.31. The molecule has 0 spiro atoms. The first-order chi connectivity index (χ1) is 8.79. The number of methoxy groups -OCH3 is 1. The predicted molar refractivity (Wildman–Crippen MR) is 72.5 cm³/mol. The minimum Gasteiger partial charge on any atom is -0.497 e. The van der Waals surface area contributed by atoms with Gasteiger partial charge in [-0.3, -0.25) is 5.10 Å². The van der Waals surface area contributed by atoms with Gasteiger partial charge in [0.05, 0.1) is 18.0 Å². The maximum atomic E-state index is 5.90. The fourth-order valence-corrected chi connectivity index (χ4v) is 2.11. The first-order valence-electron chi connectivity index (χ1n) is 5.66. The van der Waals surface area contributed by atoms with E-state index < -0.39 is 0 Å². The average Bonchev–Trinajstić information content (AvgIpc) is 2.81. The molecule has 4 heteroatoms. The third-order valence-electron chi connectivity index (χ3n) is 3.02. The fourth-order valence-electron chi connectivity index (χ4n) is 2.11. The fraction of sp³-hybridized carbons (Fsp3) is 0.0714. The van der Waals surface area contributed by atoms with Gasteiger partial charge in [0.15, 0.2) is 5.82 Å². The summed E-state index contributed by atoms with van der Waals surface area (Å²) in [5.74, 6) is 1.36. The molecule has 3 aromatic rings. The number of hydrogen-bond acceptors (Lipinski definition) is 3. The van der Waals surface area contributed by atoms with Crippen LogP contribution in [0.15, 0.2) is 42.5 Å². The Morgan fingerprint density at radius 3 is 2.61 bits per heavy atom. The zero-order valence-corrected chi connectivity index (χ0v) is 9.97. The molecule has 4 nitrogen and oxygen atoms in total. The summed E-state index contributed by atoms with van der Waals surface area (Å²) >= 11 is 0. The van der Waals surface area contributed by atoms with Crippen LogP contribution in [0.4, 0.5) is 5.82 Å². The van der Waals surface area contributed by atoms with Crippen LogP contribution in [0.2, 0.25) is 0 Å². The zero-order chi connectivity index (χ0) is 12.5. The number of ether oxygens (including phenoxy) is 1. The molecule has 0 aliphatic rings. The highest BCUT2D eigenvalue weighted by Gasteiger charge is 2.09. The highest BCUT2D eigenvalue weighted by molar-refractivity contribution is 6.01. The van der Waals surface area contributed by atoms with Gasteiger partial charge < -0.3 is 10.5 Å². The number of aromatic nitrogens is 2. The third-order valence-corrected chi connectivity index (χ3v) is 3.02. The number of aromatic amines is 1. The number of nitrogens with two attached hydrogens (primary N) is 1. The molecule has 0 amide bonds. The lowest BCUT2D eigenvalue weighted by Gasteiger charge is -2.05. The molecule has 1 heterocycles. The predicted octanol–water partition coefficient (Wildman–Crippen LogP) is 2.82. The molecule has 0 atom stereocenters. The number of nitrogens with one attached hydrogen (secondary N) is 1. The number of nitrogen functional groups attached to an aromatic ring is 1. The standard InChI is InChI=1S/C14H13N3O/c1-18-10-7-5-9(6-8-10)11-3-2-4-12-13(11)14(15)17-16-12/h2-8H,1H3,(H3,15,16,17). The Morgan fingerprint density at radius 2 is 1.89 bits per heavy atom. The second-order valence-corrected chi connectivity index (χ2v) is 4.07. The van der Waals surface area contributed by atoms with Gasteiger partial charge in [-0.15, -0.1) is 0 Å². The number of H-pyrrole nitrogens is 1. The Morgan fingerprint density at radius 1 is 1.11 bits per heavy atom. The van der Waals surface area contributed by atoms with E-state index in [-0.39, 0.29) is 0 Å². The molecule has 3 rings (SSSR count). The number of benzene rings is 2. The summed E-state index contributed by atoms with van der Waals surface area (Å²) in [5, 5.41) is 7.93. The van der Waals surface area contributed by atoms with Crippen LogP contribution in [0.1, 0.15) is 0 Å². The van der Waals surface area contributed by atoms with Gasteiger partial charge in [0.1, 0.15) is 5.75 Å². The largest absolute Gasteiger partial charge is 0.497 e. The van der Waals surface area contributed by atoms with Crippen LogP contribution >= 0.6 is 0 Å². The summed E-state index contributed by atoms with van der Waals surface area (Å²) in [5.41, 5.74) is 9.01. The lowest BCUT2D eigenvalue weighted by molar-refractivity contribution is 0.415. The molecule has 0 saturated heterocycles. The first kappa shape index (κ1) is 10.7. The van der Waals surface area contributed by atoms with Gasteiger partial charge in [0.2, 0.25) is 0 Å². The van der Waals surface area contributed by atoms with Crippen LogP contribution < -0.4 is 10.5 Å². The van der Waals surface area contributed by atoms with Crippen molar-refractivity contribution in [3.63, 3.8) is 0 Å². The van der Waals surface area contributed by atoms with Crippen LogP contribution in [0.3, 0.4) is 0 Å². The molecule has 2 aromatic carbocycles. The number of nitrogens with zero attached hydrogens (tertiary/aromatic N) is 1. The van der Waals surface area contributed by atoms with Crippen molar-refractivity contribution >= 4 is 16.7 Å². The second kappa shape index (κ2) is 4.07. The van der Waals surface area contributed by atoms with E-state index in [1.54, 1.807) is 7.11 Å². The van der Waals surface area contributed by atoms with Crippen LogP contribution in [-0.4, -0.2) is 17.3 Å². The van der Waals surface area contributed by atoms with Gasteiger partial charge in [-0.05, 0) is 29.3 Å².